The molecule has 0 aliphatic carbocycles. The molecular weight excluding hydrogens is 328 g/mol. The van der Waals surface area contributed by atoms with Gasteiger partial charge in [0.25, 0.3) is 0 Å². The molecule has 1 heterocycles. The van der Waals surface area contributed by atoms with E-state index in [1.165, 1.54) is 7.11 Å². The van der Waals surface area contributed by atoms with Gasteiger partial charge in [0.2, 0.25) is 5.91 Å². The second-order valence-corrected chi connectivity index (χ2v) is 5.79. The Morgan fingerprint density at radius 1 is 1.40 bits per heavy atom. The monoisotopic (exact) mass is 350 g/mol. The molecule has 2 rings (SSSR count). The van der Waals surface area contributed by atoms with Gasteiger partial charge in [0.15, 0.2) is 0 Å². The van der Waals surface area contributed by atoms with Crippen LogP contribution in [0.1, 0.15) is 12.0 Å². The van der Waals surface area contributed by atoms with Gasteiger partial charge in [-0.2, -0.15) is 0 Å². The van der Waals surface area contributed by atoms with Crippen LogP contribution in [-0.4, -0.2) is 61.0 Å². The highest BCUT2D eigenvalue weighted by Crippen LogP contribution is 2.21. The maximum Gasteiger partial charge on any atom is 0.416 e. The van der Waals surface area contributed by atoms with Gasteiger partial charge >= 0.3 is 12.2 Å². The molecule has 0 saturated carbocycles. The largest absolute Gasteiger partial charge is 0.465 e. The Kier molecular flexibility index (Phi) is 6.76. The van der Waals surface area contributed by atoms with E-state index >= 15 is 0 Å². The molecule has 1 saturated heterocycles. The van der Waals surface area contributed by atoms with Crippen LogP contribution in [0, 0.1) is 5.92 Å². The molecule has 2 unspecified atom stereocenters. The molecule has 3 amide bonds. The zero-order chi connectivity index (χ0) is 18.2. The van der Waals surface area contributed by atoms with Crippen LogP contribution in [0.15, 0.2) is 30.3 Å². The van der Waals surface area contributed by atoms with E-state index in [0.29, 0.717) is 12.8 Å². The quantitative estimate of drug-likeness (QED) is 0.736. The number of carboxylic acid groups (broad SMARTS) is 1. The number of imide groups is 1. The number of amides is 3. The van der Waals surface area contributed by atoms with Gasteiger partial charge in [-0.05, 0) is 18.4 Å². The molecule has 0 radical (unpaired) electrons. The Morgan fingerprint density at radius 3 is 2.76 bits per heavy atom. The second-order valence-electron chi connectivity index (χ2n) is 5.79. The van der Waals surface area contributed by atoms with Crippen molar-refractivity contribution < 1.29 is 29.0 Å². The number of nitrogens with one attached hydrogen (secondary N) is 1. The van der Waals surface area contributed by atoms with Crippen LogP contribution < -0.4 is 5.32 Å². The third-order valence-corrected chi connectivity index (χ3v) is 4.03. The highest BCUT2D eigenvalue weighted by molar-refractivity contribution is 5.95. The summed E-state index contributed by atoms with van der Waals surface area (Å²) in [5, 5.41) is 11.0. The van der Waals surface area contributed by atoms with Crippen molar-refractivity contribution in [1.82, 2.24) is 10.2 Å². The van der Waals surface area contributed by atoms with Crippen molar-refractivity contribution in [3.63, 3.8) is 0 Å². The van der Waals surface area contributed by atoms with Gasteiger partial charge in [0, 0.05) is 20.3 Å². The van der Waals surface area contributed by atoms with Gasteiger partial charge in [0.05, 0.1) is 12.0 Å². The lowest BCUT2D eigenvalue weighted by molar-refractivity contribution is -0.133. The van der Waals surface area contributed by atoms with Crippen LogP contribution >= 0.6 is 0 Å². The Balaban J connectivity index is 2.10. The maximum atomic E-state index is 12.8. The van der Waals surface area contributed by atoms with E-state index in [0.717, 1.165) is 10.5 Å². The first-order chi connectivity index (χ1) is 12.0. The molecule has 0 aromatic heterocycles. The summed E-state index contributed by atoms with van der Waals surface area (Å²) in [5.41, 5.74) is 0.987. The number of hydrogen-bond donors (Lipinski definition) is 2. The van der Waals surface area contributed by atoms with E-state index in [1.54, 1.807) is 0 Å². The lowest BCUT2D eigenvalue weighted by Gasteiger charge is -2.24. The van der Waals surface area contributed by atoms with Crippen LogP contribution in [0.2, 0.25) is 0 Å². The third-order valence-electron chi connectivity index (χ3n) is 4.03. The van der Waals surface area contributed by atoms with E-state index < -0.39 is 30.1 Å². The van der Waals surface area contributed by atoms with Crippen LogP contribution in [0.3, 0.4) is 0 Å². The minimum atomic E-state index is -1.22. The maximum absolute atomic E-state index is 12.8. The molecule has 136 valence electrons. The molecule has 1 aromatic rings. The second kappa shape index (κ2) is 9.03. The van der Waals surface area contributed by atoms with E-state index in [9.17, 15) is 14.4 Å². The molecule has 0 spiro atoms. The lowest BCUT2D eigenvalue weighted by atomic mass is 10.0. The number of rotatable bonds is 8. The Hall–Kier alpha value is -2.61. The summed E-state index contributed by atoms with van der Waals surface area (Å²) in [6.45, 7) is 0.326. The molecule has 1 fully saturated rings. The predicted molar refractivity (Wildman–Crippen MR) is 88.1 cm³/mol. The van der Waals surface area contributed by atoms with E-state index in [1.807, 2.05) is 30.3 Å². The molecule has 8 heteroatoms. The summed E-state index contributed by atoms with van der Waals surface area (Å²) in [5.74, 6) is -1.14. The van der Waals surface area contributed by atoms with Crippen molar-refractivity contribution in [2.45, 2.75) is 18.9 Å². The number of carbonyl (C=O) groups excluding carboxylic acids is 2. The first-order valence-corrected chi connectivity index (χ1v) is 8.02. The topological polar surface area (TPSA) is 105 Å². The number of hydrogen-bond acceptors (Lipinski definition) is 5. The molecule has 25 heavy (non-hydrogen) atoms. The number of nitrogens with zero attached hydrogens (tertiary/aromatic N) is 1. The van der Waals surface area contributed by atoms with Gasteiger partial charge < -0.3 is 19.9 Å². The summed E-state index contributed by atoms with van der Waals surface area (Å²) in [4.78, 5) is 36.7. The highest BCUT2D eigenvalue weighted by atomic mass is 16.6. The summed E-state index contributed by atoms with van der Waals surface area (Å²) in [6, 6.07) is 9.09. The molecule has 1 aromatic carbocycles. The van der Waals surface area contributed by atoms with Gasteiger partial charge in [-0.25, -0.2) is 14.5 Å². The number of cyclic esters (lactones) is 1. The fourth-order valence-corrected chi connectivity index (χ4v) is 2.75. The summed E-state index contributed by atoms with van der Waals surface area (Å²) < 4.78 is 10.0. The van der Waals surface area contributed by atoms with Gasteiger partial charge in [-0.3, -0.25) is 4.79 Å². The summed E-state index contributed by atoms with van der Waals surface area (Å²) in [7, 11) is 1.49. The lowest BCUT2D eigenvalue weighted by Crippen LogP contribution is -2.46. The van der Waals surface area contributed by atoms with E-state index in [4.69, 9.17) is 14.6 Å². The van der Waals surface area contributed by atoms with Crippen molar-refractivity contribution in [3.8, 4) is 0 Å². The molecule has 2 N–H and O–H groups in total. The molecule has 1 aliphatic rings. The van der Waals surface area contributed by atoms with Crippen LogP contribution in [-0.2, 0) is 20.7 Å². The Bertz CT molecular complexity index is 606. The van der Waals surface area contributed by atoms with Crippen molar-refractivity contribution in [2.24, 2.45) is 5.92 Å². The molecular formula is C17H22N2O6. The SMILES string of the molecule is COCCC(CNC(=O)O)C(=O)N1C(=O)OCC1Cc1ccccc1. The normalized spacial score (nSPS) is 17.9. The van der Waals surface area contributed by atoms with Crippen molar-refractivity contribution >= 4 is 18.1 Å². The van der Waals surface area contributed by atoms with E-state index in [2.05, 4.69) is 5.32 Å². The average molecular weight is 350 g/mol. The summed E-state index contributed by atoms with van der Waals surface area (Å²) in [6.07, 6.45) is -1.12. The van der Waals surface area contributed by atoms with Crippen molar-refractivity contribution in [3.05, 3.63) is 35.9 Å². The fourth-order valence-electron chi connectivity index (χ4n) is 2.75. The molecule has 8 nitrogen and oxygen atoms in total. The van der Waals surface area contributed by atoms with Gasteiger partial charge in [-0.15, -0.1) is 0 Å². The zero-order valence-electron chi connectivity index (χ0n) is 14.0. The molecule has 1 aliphatic heterocycles. The number of methoxy groups -OCH3 is 1. The Morgan fingerprint density at radius 2 is 2.12 bits per heavy atom. The first-order valence-electron chi connectivity index (χ1n) is 8.02. The minimum Gasteiger partial charge on any atom is -0.465 e. The van der Waals surface area contributed by atoms with Crippen molar-refractivity contribution in [1.29, 1.82) is 0 Å². The van der Waals surface area contributed by atoms with Gasteiger partial charge in [0.1, 0.15) is 6.61 Å². The predicted octanol–water partition coefficient (Wildman–Crippen LogP) is 1.50. The fraction of sp³-hybridized carbons (Fsp3) is 0.471. The van der Waals surface area contributed by atoms with Gasteiger partial charge in [-0.1, -0.05) is 30.3 Å². The number of benzene rings is 1. The van der Waals surface area contributed by atoms with Crippen LogP contribution in [0.25, 0.3) is 0 Å². The van der Waals surface area contributed by atoms with Crippen LogP contribution in [0.4, 0.5) is 9.59 Å². The standard InChI is InChI=1S/C17H22N2O6/c1-24-8-7-13(10-18-16(21)22)15(20)19-14(11-25-17(19)23)9-12-5-3-2-4-6-12/h2-6,13-14,18H,7-11H2,1H3,(H,21,22). The van der Waals surface area contributed by atoms with Crippen LogP contribution in [0.5, 0.6) is 0 Å². The summed E-state index contributed by atoms with van der Waals surface area (Å²) >= 11 is 0. The zero-order valence-corrected chi connectivity index (χ0v) is 14.0. The number of ether oxygens (including phenoxy) is 2. The average Bonchev–Trinajstić information content (AvgIpc) is 2.95. The van der Waals surface area contributed by atoms with E-state index in [-0.39, 0.29) is 19.8 Å². The minimum absolute atomic E-state index is 0.0840. The number of carbonyl (C=O) groups is 3. The smallest absolute Gasteiger partial charge is 0.416 e. The Labute approximate surface area is 145 Å². The first kappa shape index (κ1) is 18.7. The molecule has 0 bridgehead atoms. The molecule has 2 atom stereocenters. The third kappa shape index (κ3) is 5.18. The highest BCUT2D eigenvalue weighted by Gasteiger charge is 2.40. The van der Waals surface area contributed by atoms with Crippen molar-refractivity contribution in [2.75, 3.05) is 26.9 Å².